The highest BCUT2D eigenvalue weighted by Gasteiger charge is 2.20. The standard InChI is InChI=1S/C24H39N5O3.HI/c1-4-14-32-22-7-6-21-19-29(11-8-20(21)17-22)24(26-18-23(30)27(2)3)25-9-5-10-28-12-15-31-16-13-28;/h6-7,17H,4-5,8-16,18-19H2,1-3H3,(H,25,26);1H. The molecule has 2 heterocycles. The number of carbonyl (C=O) groups excluding carboxylic acids is 1. The molecule has 33 heavy (non-hydrogen) atoms. The van der Waals surface area contributed by atoms with Crippen molar-refractivity contribution in [3.63, 3.8) is 0 Å². The molecule has 9 heteroatoms. The van der Waals surface area contributed by atoms with Crippen LogP contribution in [-0.4, -0.2) is 99.8 Å². The van der Waals surface area contributed by atoms with Gasteiger partial charge in [-0.1, -0.05) is 13.0 Å². The minimum Gasteiger partial charge on any atom is -0.494 e. The van der Waals surface area contributed by atoms with Crippen LogP contribution in [0, 0.1) is 0 Å². The Balaban J connectivity index is 0.00000385. The van der Waals surface area contributed by atoms with E-state index in [1.165, 1.54) is 11.1 Å². The molecule has 1 saturated heterocycles. The fraction of sp³-hybridized carbons (Fsp3) is 0.667. The number of hydrogen-bond acceptors (Lipinski definition) is 5. The van der Waals surface area contributed by atoms with Gasteiger partial charge in [0.15, 0.2) is 5.96 Å². The maximum Gasteiger partial charge on any atom is 0.243 e. The van der Waals surface area contributed by atoms with E-state index in [1.807, 2.05) is 0 Å². The fourth-order valence-corrected chi connectivity index (χ4v) is 3.90. The summed E-state index contributed by atoms with van der Waals surface area (Å²) in [6, 6.07) is 6.39. The molecule has 2 aliphatic heterocycles. The first-order valence-corrected chi connectivity index (χ1v) is 11.8. The highest BCUT2D eigenvalue weighted by atomic mass is 127. The largest absolute Gasteiger partial charge is 0.494 e. The quantitative estimate of drug-likeness (QED) is 0.212. The van der Waals surface area contributed by atoms with Crippen LogP contribution in [0.2, 0.25) is 0 Å². The minimum absolute atomic E-state index is 0. The molecular weight excluding hydrogens is 533 g/mol. The zero-order valence-corrected chi connectivity index (χ0v) is 22.7. The average Bonchev–Trinajstić information content (AvgIpc) is 2.82. The summed E-state index contributed by atoms with van der Waals surface area (Å²) < 4.78 is 11.2. The molecule has 0 radical (unpaired) electrons. The van der Waals surface area contributed by atoms with Crippen molar-refractivity contribution in [3.05, 3.63) is 29.3 Å². The number of ether oxygens (including phenoxy) is 2. The third-order valence-corrected chi connectivity index (χ3v) is 5.86. The number of aliphatic imine (C=N–C) groups is 1. The molecule has 0 aromatic heterocycles. The van der Waals surface area contributed by atoms with Gasteiger partial charge in [0, 0.05) is 46.8 Å². The predicted octanol–water partition coefficient (Wildman–Crippen LogP) is 2.21. The van der Waals surface area contributed by atoms with Crippen molar-refractivity contribution in [2.75, 3.05) is 73.2 Å². The number of nitrogens with zero attached hydrogens (tertiary/aromatic N) is 4. The number of benzene rings is 1. The number of morpholine rings is 1. The lowest BCUT2D eigenvalue weighted by atomic mass is 9.99. The van der Waals surface area contributed by atoms with E-state index in [1.54, 1.807) is 19.0 Å². The molecule has 1 aromatic rings. The summed E-state index contributed by atoms with van der Waals surface area (Å²) in [5, 5.41) is 3.52. The number of rotatable bonds is 9. The molecule has 3 rings (SSSR count). The number of amides is 1. The summed E-state index contributed by atoms with van der Waals surface area (Å²) >= 11 is 0. The summed E-state index contributed by atoms with van der Waals surface area (Å²) in [4.78, 5) is 23.1. The second-order valence-electron chi connectivity index (χ2n) is 8.61. The van der Waals surface area contributed by atoms with Gasteiger partial charge in [-0.15, -0.1) is 24.0 Å². The Morgan fingerprint density at radius 3 is 2.73 bits per heavy atom. The van der Waals surface area contributed by atoms with E-state index in [2.05, 4.69) is 45.2 Å². The fourth-order valence-electron chi connectivity index (χ4n) is 3.90. The van der Waals surface area contributed by atoms with Gasteiger partial charge in [0.05, 0.1) is 19.8 Å². The van der Waals surface area contributed by atoms with E-state index in [0.717, 1.165) is 90.1 Å². The maximum atomic E-state index is 12.1. The van der Waals surface area contributed by atoms with Gasteiger partial charge in [-0.3, -0.25) is 9.69 Å². The first kappa shape index (κ1) is 27.7. The Kier molecular flexibility index (Phi) is 12.3. The molecule has 186 valence electrons. The first-order valence-electron chi connectivity index (χ1n) is 11.8. The van der Waals surface area contributed by atoms with Crippen molar-refractivity contribution in [3.8, 4) is 5.75 Å². The summed E-state index contributed by atoms with van der Waals surface area (Å²) in [5.41, 5.74) is 2.63. The Morgan fingerprint density at radius 2 is 2.00 bits per heavy atom. The first-order chi connectivity index (χ1) is 15.6. The molecule has 2 aliphatic rings. The summed E-state index contributed by atoms with van der Waals surface area (Å²) in [5.74, 6) is 1.78. The van der Waals surface area contributed by atoms with E-state index in [9.17, 15) is 4.79 Å². The van der Waals surface area contributed by atoms with Crippen molar-refractivity contribution in [2.45, 2.75) is 32.7 Å². The van der Waals surface area contributed by atoms with Crippen molar-refractivity contribution in [1.82, 2.24) is 20.0 Å². The molecule has 0 bridgehead atoms. The Labute approximate surface area is 215 Å². The van der Waals surface area contributed by atoms with Gasteiger partial charge in [-0.2, -0.15) is 0 Å². The van der Waals surface area contributed by atoms with Crippen LogP contribution in [0.3, 0.4) is 0 Å². The lowest BCUT2D eigenvalue weighted by Crippen LogP contribution is -2.45. The van der Waals surface area contributed by atoms with E-state index in [4.69, 9.17) is 9.47 Å². The number of guanidine groups is 1. The van der Waals surface area contributed by atoms with E-state index in [0.29, 0.717) is 0 Å². The van der Waals surface area contributed by atoms with Crippen LogP contribution in [0.5, 0.6) is 5.75 Å². The van der Waals surface area contributed by atoms with Gasteiger partial charge in [-0.05, 0) is 49.1 Å². The van der Waals surface area contributed by atoms with Crippen molar-refractivity contribution >= 4 is 35.8 Å². The Morgan fingerprint density at radius 1 is 1.21 bits per heavy atom. The number of nitrogens with one attached hydrogen (secondary N) is 1. The Bertz CT molecular complexity index is 768. The summed E-state index contributed by atoms with van der Waals surface area (Å²) in [6.07, 6.45) is 2.98. The molecule has 1 amide bonds. The summed E-state index contributed by atoms with van der Waals surface area (Å²) in [7, 11) is 3.53. The maximum absolute atomic E-state index is 12.1. The molecular formula is C24H40IN5O3. The lowest BCUT2D eigenvalue weighted by molar-refractivity contribution is -0.127. The third-order valence-electron chi connectivity index (χ3n) is 5.86. The average molecular weight is 574 g/mol. The molecule has 0 unspecified atom stereocenters. The van der Waals surface area contributed by atoms with Gasteiger partial charge in [0.2, 0.25) is 5.91 Å². The minimum atomic E-state index is 0. The van der Waals surface area contributed by atoms with Crippen LogP contribution in [0.1, 0.15) is 30.9 Å². The molecule has 8 nitrogen and oxygen atoms in total. The number of carbonyl (C=O) groups is 1. The third kappa shape index (κ3) is 8.94. The number of likely N-dealkylation sites (N-methyl/N-ethyl adjacent to an activating group) is 1. The van der Waals surface area contributed by atoms with Crippen molar-refractivity contribution in [2.24, 2.45) is 4.99 Å². The van der Waals surface area contributed by atoms with Gasteiger partial charge in [0.25, 0.3) is 0 Å². The molecule has 0 saturated carbocycles. The smallest absolute Gasteiger partial charge is 0.243 e. The van der Waals surface area contributed by atoms with Crippen LogP contribution < -0.4 is 10.1 Å². The van der Waals surface area contributed by atoms with Crippen LogP contribution >= 0.6 is 24.0 Å². The zero-order chi connectivity index (χ0) is 22.8. The van der Waals surface area contributed by atoms with Crippen LogP contribution in [0.15, 0.2) is 23.2 Å². The molecule has 0 atom stereocenters. The second-order valence-corrected chi connectivity index (χ2v) is 8.61. The molecule has 0 aliphatic carbocycles. The highest BCUT2D eigenvalue weighted by molar-refractivity contribution is 14.0. The van der Waals surface area contributed by atoms with Crippen molar-refractivity contribution in [1.29, 1.82) is 0 Å². The normalized spacial score (nSPS) is 16.6. The topological polar surface area (TPSA) is 69.6 Å². The van der Waals surface area contributed by atoms with Crippen LogP contribution in [-0.2, 0) is 22.5 Å². The van der Waals surface area contributed by atoms with Crippen LogP contribution in [0.25, 0.3) is 0 Å². The summed E-state index contributed by atoms with van der Waals surface area (Å²) in [6.45, 7) is 10.2. The number of fused-ring (bicyclic) bond motifs is 1. The number of halogens is 1. The van der Waals surface area contributed by atoms with Crippen LogP contribution in [0.4, 0.5) is 0 Å². The van der Waals surface area contributed by atoms with E-state index >= 15 is 0 Å². The molecule has 1 N–H and O–H groups in total. The van der Waals surface area contributed by atoms with Gasteiger partial charge < -0.3 is 24.6 Å². The number of hydrogen-bond donors (Lipinski definition) is 1. The monoisotopic (exact) mass is 573 g/mol. The molecule has 1 aromatic carbocycles. The second kappa shape index (κ2) is 14.6. The predicted molar refractivity (Wildman–Crippen MR) is 143 cm³/mol. The van der Waals surface area contributed by atoms with Gasteiger partial charge >= 0.3 is 0 Å². The SMILES string of the molecule is CCCOc1ccc2c(c1)CCN(C(=NCC(=O)N(C)C)NCCCN1CCOCC1)C2.I. The van der Waals surface area contributed by atoms with Gasteiger partial charge in [-0.25, -0.2) is 4.99 Å². The zero-order valence-electron chi connectivity index (χ0n) is 20.3. The van der Waals surface area contributed by atoms with Crippen molar-refractivity contribution < 1.29 is 14.3 Å². The molecule has 1 fully saturated rings. The van der Waals surface area contributed by atoms with E-state index < -0.39 is 0 Å². The molecule has 0 spiro atoms. The highest BCUT2D eigenvalue weighted by Crippen LogP contribution is 2.24. The Hall–Kier alpha value is -1.59. The lowest BCUT2D eigenvalue weighted by Gasteiger charge is -2.32. The van der Waals surface area contributed by atoms with Gasteiger partial charge in [0.1, 0.15) is 12.3 Å². The van der Waals surface area contributed by atoms with E-state index in [-0.39, 0.29) is 36.4 Å².